The molecule has 4 rings (SSSR count). The van der Waals surface area contributed by atoms with Gasteiger partial charge in [0, 0.05) is 17.1 Å². The van der Waals surface area contributed by atoms with E-state index in [1.165, 1.54) is 35.5 Å². The van der Waals surface area contributed by atoms with Crippen molar-refractivity contribution in [2.75, 3.05) is 11.5 Å². The van der Waals surface area contributed by atoms with Crippen molar-refractivity contribution in [1.29, 1.82) is 0 Å². The molecule has 0 N–H and O–H groups in total. The molecule has 0 saturated carbocycles. The minimum atomic E-state index is 0.584. The predicted molar refractivity (Wildman–Crippen MR) is 92.8 cm³/mol. The number of aryl methyl sites for hydroxylation is 1. The Morgan fingerprint density at radius 1 is 0.955 bits per heavy atom. The third-order valence-electron chi connectivity index (χ3n) is 4.07. The summed E-state index contributed by atoms with van der Waals surface area (Å²) in [7, 11) is 0. The number of thioether (sulfide) groups is 2. The lowest BCUT2D eigenvalue weighted by atomic mass is 9.97. The first-order valence-electron chi connectivity index (χ1n) is 7.74. The highest BCUT2D eigenvalue weighted by Crippen LogP contribution is 2.45. The third-order valence-corrected chi connectivity index (χ3v) is 7.18. The first-order chi connectivity index (χ1) is 10.9. The zero-order valence-corrected chi connectivity index (χ0v) is 14.0. The fraction of sp³-hybridized carbons (Fsp3) is 0.412. The van der Waals surface area contributed by atoms with E-state index in [-0.39, 0.29) is 0 Å². The van der Waals surface area contributed by atoms with E-state index in [9.17, 15) is 0 Å². The molecule has 2 aromatic rings. The van der Waals surface area contributed by atoms with E-state index in [0.717, 1.165) is 30.2 Å². The highest BCUT2D eigenvalue weighted by Gasteiger charge is 2.19. The van der Waals surface area contributed by atoms with Crippen molar-refractivity contribution in [3.05, 3.63) is 47.4 Å². The zero-order valence-electron chi connectivity index (χ0n) is 12.3. The Balaban J connectivity index is 1.54. The smallest absolute Gasteiger partial charge is 0.225 e. The summed E-state index contributed by atoms with van der Waals surface area (Å²) in [5.41, 5.74) is 3.73. The maximum absolute atomic E-state index is 6.03. The molecule has 5 heteroatoms. The van der Waals surface area contributed by atoms with Crippen LogP contribution in [-0.4, -0.2) is 21.5 Å². The number of fused-ring (bicyclic) bond motifs is 1. The van der Waals surface area contributed by atoms with Crippen LogP contribution < -0.4 is 4.74 Å². The molecule has 1 aromatic heterocycles. The molecule has 0 radical (unpaired) electrons. The monoisotopic (exact) mass is 330 g/mol. The van der Waals surface area contributed by atoms with Gasteiger partial charge in [-0.2, -0.15) is 0 Å². The number of aromatic nitrogens is 2. The molecule has 0 unspecified atom stereocenters. The topological polar surface area (TPSA) is 35.0 Å². The summed E-state index contributed by atoms with van der Waals surface area (Å²) in [6.07, 6.45) is 6.11. The molecular weight excluding hydrogens is 312 g/mol. The van der Waals surface area contributed by atoms with Crippen LogP contribution in [0.15, 0.2) is 30.6 Å². The van der Waals surface area contributed by atoms with Crippen molar-refractivity contribution < 1.29 is 4.74 Å². The van der Waals surface area contributed by atoms with Gasteiger partial charge in [0.25, 0.3) is 0 Å². The lowest BCUT2D eigenvalue weighted by Crippen LogP contribution is -2.08. The molecule has 0 bridgehead atoms. The molecule has 1 aliphatic heterocycles. The molecule has 2 aliphatic rings. The number of ether oxygens (including phenoxy) is 1. The SMILES string of the molecule is c1nc2c(c(Oc3ccc(C4SCCS4)cc3)n1)CCCC2. The van der Waals surface area contributed by atoms with Gasteiger partial charge in [0.15, 0.2) is 0 Å². The highest BCUT2D eigenvalue weighted by molar-refractivity contribution is 8.19. The number of rotatable bonds is 3. The summed E-state index contributed by atoms with van der Waals surface area (Å²) in [6, 6.07) is 8.48. The Labute approximate surface area is 139 Å². The van der Waals surface area contributed by atoms with Gasteiger partial charge in [-0.1, -0.05) is 12.1 Å². The molecule has 1 fully saturated rings. The van der Waals surface area contributed by atoms with Gasteiger partial charge in [-0.25, -0.2) is 9.97 Å². The van der Waals surface area contributed by atoms with E-state index < -0.39 is 0 Å². The molecule has 0 amide bonds. The first kappa shape index (κ1) is 14.4. The standard InChI is InChI=1S/C17H18N2OS2/c1-2-4-15-14(3-1)16(19-11-18-15)20-13-7-5-12(6-8-13)17-21-9-10-22-17/h5-8,11,17H,1-4,9-10H2. The molecule has 0 spiro atoms. The van der Waals surface area contributed by atoms with Crippen molar-refractivity contribution in [1.82, 2.24) is 9.97 Å². The van der Waals surface area contributed by atoms with E-state index >= 15 is 0 Å². The number of benzene rings is 1. The molecule has 3 nitrogen and oxygen atoms in total. The molecule has 1 aromatic carbocycles. The summed E-state index contributed by atoms with van der Waals surface area (Å²) in [5.74, 6) is 4.10. The first-order valence-corrected chi connectivity index (χ1v) is 9.84. The third kappa shape index (κ3) is 2.97. The van der Waals surface area contributed by atoms with E-state index in [1.54, 1.807) is 6.33 Å². The fourth-order valence-corrected chi connectivity index (χ4v) is 5.79. The number of hydrogen-bond acceptors (Lipinski definition) is 5. The summed E-state index contributed by atoms with van der Waals surface area (Å²) in [4.78, 5) is 8.74. The Kier molecular flexibility index (Phi) is 4.26. The Hall–Kier alpha value is -1.20. The molecule has 114 valence electrons. The van der Waals surface area contributed by atoms with Crippen LogP contribution in [0, 0.1) is 0 Å². The van der Waals surface area contributed by atoms with Crippen LogP contribution in [0.4, 0.5) is 0 Å². The Morgan fingerprint density at radius 2 is 1.73 bits per heavy atom. The van der Waals surface area contributed by atoms with Crippen molar-refractivity contribution in [3.63, 3.8) is 0 Å². The maximum Gasteiger partial charge on any atom is 0.225 e. The van der Waals surface area contributed by atoms with Crippen LogP contribution in [0.5, 0.6) is 11.6 Å². The van der Waals surface area contributed by atoms with Gasteiger partial charge in [-0.15, -0.1) is 23.5 Å². The minimum absolute atomic E-state index is 0.584. The molecule has 1 saturated heterocycles. The van der Waals surface area contributed by atoms with Crippen LogP contribution in [0.2, 0.25) is 0 Å². The molecule has 0 atom stereocenters. The normalized spacial score (nSPS) is 18.2. The molecule has 1 aliphatic carbocycles. The van der Waals surface area contributed by atoms with Gasteiger partial charge >= 0.3 is 0 Å². The second-order valence-electron chi connectivity index (χ2n) is 5.56. The Morgan fingerprint density at radius 3 is 2.55 bits per heavy atom. The number of nitrogens with zero attached hydrogens (tertiary/aromatic N) is 2. The van der Waals surface area contributed by atoms with E-state index in [4.69, 9.17) is 4.74 Å². The van der Waals surface area contributed by atoms with Gasteiger partial charge < -0.3 is 4.74 Å². The lowest BCUT2D eigenvalue weighted by Gasteiger charge is -2.17. The van der Waals surface area contributed by atoms with Crippen LogP contribution in [0.25, 0.3) is 0 Å². The average Bonchev–Trinajstić information content (AvgIpc) is 3.10. The zero-order chi connectivity index (χ0) is 14.8. The maximum atomic E-state index is 6.03. The average molecular weight is 330 g/mol. The van der Waals surface area contributed by atoms with Crippen LogP contribution in [0.1, 0.15) is 34.2 Å². The van der Waals surface area contributed by atoms with Gasteiger partial charge in [0.1, 0.15) is 12.1 Å². The second-order valence-corrected chi connectivity index (χ2v) is 8.28. The van der Waals surface area contributed by atoms with Crippen molar-refractivity contribution in [3.8, 4) is 11.6 Å². The summed E-state index contributed by atoms with van der Waals surface area (Å²) >= 11 is 4.05. The summed E-state index contributed by atoms with van der Waals surface area (Å²) in [6.45, 7) is 0. The highest BCUT2D eigenvalue weighted by atomic mass is 32.2. The van der Waals surface area contributed by atoms with Gasteiger partial charge in [0.2, 0.25) is 5.88 Å². The Bertz CT molecular complexity index is 654. The fourth-order valence-electron chi connectivity index (χ4n) is 2.93. The lowest BCUT2D eigenvalue weighted by molar-refractivity contribution is 0.447. The van der Waals surface area contributed by atoms with Crippen LogP contribution in [0.3, 0.4) is 0 Å². The van der Waals surface area contributed by atoms with Crippen LogP contribution in [-0.2, 0) is 12.8 Å². The van der Waals surface area contributed by atoms with Crippen molar-refractivity contribution in [2.24, 2.45) is 0 Å². The van der Waals surface area contributed by atoms with E-state index in [1.807, 2.05) is 23.5 Å². The molecule has 2 heterocycles. The van der Waals surface area contributed by atoms with Crippen molar-refractivity contribution >= 4 is 23.5 Å². The van der Waals surface area contributed by atoms with E-state index in [2.05, 4.69) is 34.2 Å². The predicted octanol–water partition coefficient (Wildman–Crippen LogP) is 4.63. The quantitative estimate of drug-likeness (QED) is 0.820. The van der Waals surface area contributed by atoms with Crippen LogP contribution >= 0.6 is 23.5 Å². The van der Waals surface area contributed by atoms with E-state index in [0.29, 0.717) is 4.58 Å². The van der Waals surface area contributed by atoms with Crippen molar-refractivity contribution in [2.45, 2.75) is 30.3 Å². The summed E-state index contributed by atoms with van der Waals surface area (Å²) < 4.78 is 6.61. The second kappa shape index (κ2) is 6.50. The van der Waals surface area contributed by atoms with Gasteiger partial charge in [-0.3, -0.25) is 0 Å². The number of hydrogen-bond donors (Lipinski definition) is 0. The summed E-state index contributed by atoms with van der Waals surface area (Å²) in [5, 5.41) is 0. The minimum Gasteiger partial charge on any atom is -0.439 e. The van der Waals surface area contributed by atoms with Gasteiger partial charge in [-0.05, 0) is 43.4 Å². The molecular formula is C17H18N2OS2. The largest absolute Gasteiger partial charge is 0.439 e. The van der Waals surface area contributed by atoms with Gasteiger partial charge in [0.05, 0.1) is 10.3 Å². The molecule has 22 heavy (non-hydrogen) atoms.